The van der Waals surface area contributed by atoms with Gasteiger partial charge in [0.1, 0.15) is 5.54 Å². The van der Waals surface area contributed by atoms with E-state index >= 15 is 0 Å². The Morgan fingerprint density at radius 2 is 1.92 bits per heavy atom. The average Bonchev–Trinajstić information content (AvgIpc) is 3.57. The summed E-state index contributed by atoms with van der Waals surface area (Å²) in [5.74, 6) is -1.35. The van der Waals surface area contributed by atoms with Gasteiger partial charge in [-0.25, -0.2) is 0 Å². The number of ketones is 1. The van der Waals surface area contributed by atoms with E-state index in [-0.39, 0.29) is 34.9 Å². The van der Waals surface area contributed by atoms with E-state index in [2.05, 4.69) is 23.2 Å². The van der Waals surface area contributed by atoms with Crippen molar-refractivity contribution < 1.29 is 14.5 Å². The number of nitrogens with zero attached hydrogens (tertiary/aromatic N) is 2. The van der Waals surface area contributed by atoms with E-state index in [1.165, 1.54) is 12.1 Å². The molecule has 3 unspecified atom stereocenters. The number of anilines is 1. The van der Waals surface area contributed by atoms with Crippen LogP contribution in [0, 0.1) is 16.0 Å². The van der Waals surface area contributed by atoms with Crippen molar-refractivity contribution in [1.29, 1.82) is 0 Å². The van der Waals surface area contributed by atoms with E-state index in [0.29, 0.717) is 0 Å². The molecule has 1 spiro atoms. The molecule has 7 heteroatoms. The number of nitrogens with one attached hydrogen (secondary N) is 1. The third kappa shape index (κ3) is 3.09. The van der Waals surface area contributed by atoms with Crippen molar-refractivity contribution in [2.24, 2.45) is 5.92 Å². The van der Waals surface area contributed by atoms with Crippen LogP contribution in [0.1, 0.15) is 52.7 Å². The lowest BCUT2D eigenvalue weighted by Gasteiger charge is -2.37. The average molecular weight is 482 g/mol. The molecule has 1 amide bonds. The first-order valence-electron chi connectivity index (χ1n) is 12.5. The molecule has 2 saturated heterocycles. The van der Waals surface area contributed by atoms with Crippen molar-refractivity contribution in [3.63, 3.8) is 0 Å². The smallest absolute Gasteiger partial charge is 0.270 e. The Bertz CT molecular complexity index is 1390. The van der Waals surface area contributed by atoms with E-state index in [1.807, 2.05) is 42.5 Å². The fourth-order valence-electron chi connectivity index (χ4n) is 6.83. The molecule has 6 rings (SSSR count). The summed E-state index contributed by atoms with van der Waals surface area (Å²) < 4.78 is 0. The number of nitro groups is 1. The van der Waals surface area contributed by atoms with Crippen molar-refractivity contribution in [3.8, 4) is 0 Å². The molecule has 3 aromatic carbocycles. The molecular weight excluding hydrogens is 454 g/mol. The van der Waals surface area contributed by atoms with Crippen LogP contribution < -0.4 is 5.32 Å². The summed E-state index contributed by atoms with van der Waals surface area (Å²) >= 11 is 0. The van der Waals surface area contributed by atoms with Gasteiger partial charge in [0.25, 0.3) is 5.69 Å². The van der Waals surface area contributed by atoms with E-state index < -0.39 is 16.4 Å². The minimum absolute atomic E-state index is 0.0158. The molecule has 3 aromatic rings. The Balaban J connectivity index is 1.61. The first kappa shape index (κ1) is 22.6. The highest BCUT2D eigenvalue weighted by Crippen LogP contribution is 2.61. The maximum absolute atomic E-state index is 14.5. The van der Waals surface area contributed by atoms with Crippen LogP contribution in [0.3, 0.4) is 0 Å². The monoisotopic (exact) mass is 481 g/mol. The van der Waals surface area contributed by atoms with Gasteiger partial charge in [0, 0.05) is 40.9 Å². The van der Waals surface area contributed by atoms with Crippen LogP contribution in [0.15, 0.2) is 72.8 Å². The molecule has 3 aliphatic rings. The van der Waals surface area contributed by atoms with E-state index in [4.69, 9.17) is 0 Å². The zero-order valence-corrected chi connectivity index (χ0v) is 20.0. The second-order valence-electron chi connectivity index (χ2n) is 9.94. The maximum atomic E-state index is 14.5. The SMILES string of the molecule is CCc1ccc2c(c1)[C@]1(C(=O)N2)C(C(=O)c2cccc([N+](=O)[O-])c2)C(c2ccccc2)C2CCCN21. The highest BCUT2D eigenvalue weighted by atomic mass is 16.6. The number of carbonyl (C=O) groups is 2. The molecule has 4 atom stereocenters. The number of hydrogen-bond acceptors (Lipinski definition) is 5. The minimum atomic E-state index is -1.16. The Morgan fingerprint density at radius 1 is 1.11 bits per heavy atom. The third-order valence-corrected chi connectivity index (χ3v) is 8.28. The van der Waals surface area contributed by atoms with E-state index in [0.717, 1.165) is 48.2 Å². The number of Topliss-reactive ketones (excluding diaryl/α,β-unsaturated/α-hetero) is 1. The van der Waals surface area contributed by atoms with E-state index in [9.17, 15) is 19.7 Å². The summed E-state index contributed by atoms with van der Waals surface area (Å²) in [5, 5.41) is 14.6. The number of benzene rings is 3. The number of rotatable bonds is 5. The van der Waals surface area contributed by atoms with Gasteiger partial charge in [-0.3, -0.25) is 24.6 Å². The summed E-state index contributed by atoms with van der Waals surface area (Å²) in [7, 11) is 0. The minimum Gasteiger partial charge on any atom is -0.324 e. The molecule has 1 N–H and O–H groups in total. The molecule has 0 aliphatic carbocycles. The van der Waals surface area contributed by atoms with E-state index in [1.54, 1.807) is 12.1 Å². The van der Waals surface area contributed by atoms with Gasteiger partial charge in [-0.2, -0.15) is 0 Å². The zero-order chi connectivity index (χ0) is 25.0. The number of amides is 1. The van der Waals surface area contributed by atoms with Gasteiger partial charge in [-0.15, -0.1) is 0 Å². The summed E-state index contributed by atoms with van der Waals surface area (Å²) in [6, 6.07) is 21.9. The molecule has 3 aliphatic heterocycles. The van der Waals surface area contributed by atoms with Crippen LogP contribution in [-0.2, 0) is 16.8 Å². The number of non-ortho nitro benzene ring substituents is 1. The van der Waals surface area contributed by atoms with Gasteiger partial charge in [0.05, 0.1) is 10.8 Å². The molecule has 182 valence electrons. The fraction of sp³-hybridized carbons (Fsp3) is 0.310. The normalized spacial score (nSPS) is 26.6. The molecular formula is C29H27N3O4. The molecule has 36 heavy (non-hydrogen) atoms. The predicted octanol–water partition coefficient (Wildman–Crippen LogP) is 5.07. The molecule has 0 radical (unpaired) electrons. The number of nitro benzene ring substituents is 1. The van der Waals surface area contributed by atoms with Crippen molar-refractivity contribution in [2.75, 3.05) is 11.9 Å². The second kappa shape index (κ2) is 8.38. The van der Waals surface area contributed by atoms with Gasteiger partial charge in [-0.1, -0.05) is 61.5 Å². The van der Waals surface area contributed by atoms with Gasteiger partial charge in [-0.05, 0) is 43.0 Å². The number of carbonyl (C=O) groups excluding carboxylic acids is 2. The lowest BCUT2D eigenvalue weighted by atomic mass is 9.68. The topological polar surface area (TPSA) is 92.5 Å². The Kier molecular flexibility index (Phi) is 5.26. The Hall–Kier alpha value is -3.84. The Morgan fingerprint density at radius 3 is 2.67 bits per heavy atom. The van der Waals surface area contributed by atoms with Gasteiger partial charge in [0.15, 0.2) is 5.78 Å². The largest absolute Gasteiger partial charge is 0.324 e. The maximum Gasteiger partial charge on any atom is 0.270 e. The predicted molar refractivity (Wildman–Crippen MR) is 136 cm³/mol. The zero-order valence-electron chi connectivity index (χ0n) is 20.0. The first-order chi connectivity index (χ1) is 17.5. The number of aryl methyl sites for hydroxylation is 1. The molecule has 7 nitrogen and oxygen atoms in total. The highest BCUT2D eigenvalue weighted by molar-refractivity contribution is 6.12. The van der Waals surface area contributed by atoms with Crippen molar-refractivity contribution in [1.82, 2.24) is 4.90 Å². The van der Waals surface area contributed by atoms with Crippen LogP contribution >= 0.6 is 0 Å². The van der Waals surface area contributed by atoms with Gasteiger partial charge < -0.3 is 5.32 Å². The lowest BCUT2D eigenvalue weighted by molar-refractivity contribution is -0.384. The van der Waals surface area contributed by atoms with Crippen LogP contribution in [-0.4, -0.2) is 34.1 Å². The highest BCUT2D eigenvalue weighted by Gasteiger charge is 2.69. The Labute approximate surface area is 209 Å². The molecule has 0 saturated carbocycles. The summed E-state index contributed by atoms with van der Waals surface area (Å²) in [6.45, 7) is 2.79. The number of hydrogen-bond donors (Lipinski definition) is 1. The molecule has 0 bridgehead atoms. The summed E-state index contributed by atoms with van der Waals surface area (Å²) in [5.41, 5.74) is 2.68. The van der Waals surface area contributed by atoms with Crippen molar-refractivity contribution in [3.05, 3.63) is 105 Å². The van der Waals surface area contributed by atoms with Crippen LogP contribution in [0.5, 0.6) is 0 Å². The third-order valence-electron chi connectivity index (χ3n) is 8.28. The molecule has 2 fully saturated rings. The van der Waals surface area contributed by atoms with Crippen LogP contribution in [0.25, 0.3) is 0 Å². The molecule has 3 heterocycles. The lowest BCUT2D eigenvalue weighted by Crippen LogP contribution is -2.52. The van der Waals surface area contributed by atoms with Crippen LogP contribution in [0.2, 0.25) is 0 Å². The number of fused-ring (bicyclic) bond motifs is 4. The second-order valence-corrected chi connectivity index (χ2v) is 9.94. The molecule has 0 aromatic heterocycles. The standard InChI is InChI=1S/C29H27N3O4/c1-2-18-13-14-23-22(16-18)29(28(34)30-23)26(27(33)20-10-6-11-21(17-20)32(35)36)25(19-8-4-3-5-9-19)24-12-7-15-31(24)29/h3-6,8-11,13-14,16-17,24-26H,2,7,12,15H2,1H3,(H,30,34)/t24?,25?,26?,29-/m1/s1. The van der Waals surface area contributed by atoms with Crippen molar-refractivity contribution >= 4 is 23.1 Å². The van der Waals surface area contributed by atoms with Crippen LogP contribution in [0.4, 0.5) is 11.4 Å². The summed E-state index contributed by atoms with van der Waals surface area (Å²) in [4.78, 5) is 41.8. The van der Waals surface area contributed by atoms with Gasteiger partial charge >= 0.3 is 0 Å². The fourth-order valence-corrected chi connectivity index (χ4v) is 6.83. The van der Waals surface area contributed by atoms with Gasteiger partial charge in [0.2, 0.25) is 5.91 Å². The first-order valence-corrected chi connectivity index (χ1v) is 12.5. The quantitative estimate of drug-likeness (QED) is 0.312. The van der Waals surface area contributed by atoms with Crippen molar-refractivity contribution in [2.45, 2.75) is 43.7 Å². The summed E-state index contributed by atoms with van der Waals surface area (Å²) in [6.07, 6.45) is 2.65.